The summed E-state index contributed by atoms with van der Waals surface area (Å²) >= 11 is 0. The number of ether oxygens (including phenoxy) is 1. The van der Waals surface area contributed by atoms with Crippen molar-refractivity contribution in [3.05, 3.63) is 0 Å². The Hall–Kier alpha value is -0.170. The minimum Gasteiger partial charge on any atom is -0.385 e. The third-order valence-electron chi connectivity index (χ3n) is 2.17. The molecule has 14 heavy (non-hydrogen) atoms. The Balaban J connectivity index is 2.26. The van der Waals surface area contributed by atoms with Gasteiger partial charge in [0.05, 0.1) is 5.75 Å². The van der Waals surface area contributed by atoms with Crippen LogP contribution in [0.2, 0.25) is 0 Å². The van der Waals surface area contributed by atoms with E-state index in [1.54, 1.807) is 7.11 Å². The first-order valence-electron chi connectivity index (χ1n) is 4.84. The van der Waals surface area contributed by atoms with Gasteiger partial charge in [0.25, 0.3) is 0 Å². The maximum absolute atomic E-state index is 11.5. The van der Waals surface area contributed by atoms with Crippen LogP contribution in [0, 0.1) is 0 Å². The SMILES string of the molecule is COCCCS(=O)(=O)N[C@@H]1CCNC1. The van der Waals surface area contributed by atoms with Gasteiger partial charge in [-0.2, -0.15) is 0 Å². The highest BCUT2D eigenvalue weighted by Gasteiger charge is 2.20. The lowest BCUT2D eigenvalue weighted by Crippen LogP contribution is -2.37. The second-order valence-electron chi connectivity index (χ2n) is 3.47. The number of nitrogens with one attached hydrogen (secondary N) is 2. The molecule has 0 spiro atoms. The van der Waals surface area contributed by atoms with Crippen molar-refractivity contribution in [2.24, 2.45) is 0 Å². The Kier molecular flexibility index (Phi) is 4.80. The molecule has 84 valence electrons. The highest BCUT2D eigenvalue weighted by Crippen LogP contribution is 2.00. The maximum Gasteiger partial charge on any atom is 0.211 e. The summed E-state index contributed by atoms with van der Waals surface area (Å²) in [5.41, 5.74) is 0. The zero-order chi connectivity index (χ0) is 10.4. The third-order valence-corrected chi connectivity index (χ3v) is 3.69. The summed E-state index contributed by atoms with van der Waals surface area (Å²) in [4.78, 5) is 0. The zero-order valence-electron chi connectivity index (χ0n) is 8.45. The fourth-order valence-corrected chi connectivity index (χ4v) is 2.79. The summed E-state index contributed by atoms with van der Waals surface area (Å²) in [6.07, 6.45) is 1.43. The summed E-state index contributed by atoms with van der Waals surface area (Å²) in [6.45, 7) is 2.12. The Labute approximate surface area is 85.3 Å². The molecule has 2 N–H and O–H groups in total. The summed E-state index contributed by atoms with van der Waals surface area (Å²) in [5.74, 6) is 0.150. The van der Waals surface area contributed by atoms with Crippen molar-refractivity contribution in [2.75, 3.05) is 32.6 Å². The van der Waals surface area contributed by atoms with Gasteiger partial charge in [-0.3, -0.25) is 0 Å². The molecule has 6 heteroatoms. The van der Waals surface area contributed by atoms with E-state index in [1.807, 2.05) is 0 Å². The Morgan fingerprint density at radius 2 is 2.36 bits per heavy atom. The van der Waals surface area contributed by atoms with Crippen LogP contribution in [0.1, 0.15) is 12.8 Å². The first-order chi connectivity index (χ1) is 6.64. The Morgan fingerprint density at radius 3 is 2.93 bits per heavy atom. The van der Waals surface area contributed by atoms with E-state index in [2.05, 4.69) is 10.0 Å². The second-order valence-corrected chi connectivity index (χ2v) is 5.35. The molecule has 5 nitrogen and oxygen atoms in total. The maximum atomic E-state index is 11.5. The summed E-state index contributed by atoms with van der Waals surface area (Å²) in [5, 5.41) is 3.11. The smallest absolute Gasteiger partial charge is 0.211 e. The molecule has 0 bridgehead atoms. The Morgan fingerprint density at radius 1 is 1.57 bits per heavy atom. The fraction of sp³-hybridized carbons (Fsp3) is 1.00. The monoisotopic (exact) mass is 222 g/mol. The van der Waals surface area contributed by atoms with Crippen LogP contribution in [-0.4, -0.2) is 47.0 Å². The van der Waals surface area contributed by atoms with Crippen LogP contribution in [-0.2, 0) is 14.8 Å². The summed E-state index contributed by atoms with van der Waals surface area (Å²) < 4.78 is 30.4. The molecule has 1 aliphatic rings. The normalized spacial score (nSPS) is 22.8. The number of sulfonamides is 1. The molecule has 1 atom stereocenters. The number of rotatable bonds is 6. The van der Waals surface area contributed by atoms with Gasteiger partial charge in [0.2, 0.25) is 10.0 Å². The molecule has 0 aromatic heterocycles. The first kappa shape index (κ1) is 11.9. The Bertz CT molecular complexity index is 247. The largest absolute Gasteiger partial charge is 0.385 e. The van der Waals surface area contributed by atoms with E-state index in [9.17, 15) is 8.42 Å². The second kappa shape index (κ2) is 5.65. The van der Waals surface area contributed by atoms with Gasteiger partial charge in [0, 0.05) is 26.3 Å². The number of methoxy groups -OCH3 is 1. The van der Waals surface area contributed by atoms with Crippen molar-refractivity contribution in [3.8, 4) is 0 Å². The molecule has 1 aliphatic heterocycles. The van der Waals surface area contributed by atoms with Crippen molar-refractivity contribution in [3.63, 3.8) is 0 Å². The topological polar surface area (TPSA) is 67.4 Å². The van der Waals surface area contributed by atoms with E-state index in [-0.39, 0.29) is 11.8 Å². The van der Waals surface area contributed by atoms with Crippen molar-refractivity contribution < 1.29 is 13.2 Å². The third kappa shape index (κ3) is 4.36. The predicted molar refractivity (Wildman–Crippen MR) is 54.7 cm³/mol. The molecule has 1 saturated heterocycles. The molecular formula is C8H18N2O3S. The van der Waals surface area contributed by atoms with E-state index in [1.165, 1.54) is 0 Å². The van der Waals surface area contributed by atoms with Gasteiger partial charge in [-0.1, -0.05) is 0 Å². The zero-order valence-corrected chi connectivity index (χ0v) is 9.27. The van der Waals surface area contributed by atoms with E-state index < -0.39 is 10.0 Å². The van der Waals surface area contributed by atoms with Crippen LogP contribution in [0.15, 0.2) is 0 Å². The molecule has 0 aliphatic carbocycles. The first-order valence-corrected chi connectivity index (χ1v) is 6.49. The van der Waals surface area contributed by atoms with Crippen LogP contribution >= 0.6 is 0 Å². The van der Waals surface area contributed by atoms with Gasteiger partial charge in [-0.05, 0) is 19.4 Å². The predicted octanol–water partition coefficient (Wildman–Crippen LogP) is -0.696. The van der Waals surface area contributed by atoms with Crippen molar-refractivity contribution >= 4 is 10.0 Å². The molecule has 0 unspecified atom stereocenters. The molecule has 0 amide bonds. The molecule has 1 rings (SSSR count). The standard InChI is InChI=1S/C8H18N2O3S/c1-13-5-2-6-14(11,12)10-8-3-4-9-7-8/h8-10H,2-7H2,1H3/t8-/m1/s1. The molecule has 1 fully saturated rings. The summed E-state index contributed by atoms with van der Waals surface area (Å²) in [7, 11) is -1.54. The van der Waals surface area contributed by atoms with Gasteiger partial charge in [0.1, 0.15) is 0 Å². The average molecular weight is 222 g/mol. The van der Waals surface area contributed by atoms with Gasteiger partial charge in [0.15, 0.2) is 0 Å². The van der Waals surface area contributed by atoms with Crippen LogP contribution in [0.4, 0.5) is 0 Å². The van der Waals surface area contributed by atoms with E-state index in [0.717, 1.165) is 19.5 Å². The lowest BCUT2D eigenvalue weighted by atomic mass is 10.3. The molecular weight excluding hydrogens is 204 g/mol. The highest BCUT2D eigenvalue weighted by atomic mass is 32.2. The van der Waals surface area contributed by atoms with E-state index in [0.29, 0.717) is 13.0 Å². The molecule has 1 heterocycles. The lowest BCUT2D eigenvalue weighted by Gasteiger charge is -2.11. The van der Waals surface area contributed by atoms with Gasteiger partial charge in [-0.15, -0.1) is 0 Å². The molecule has 0 saturated carbocycles. The minimum atomic E-state index is -3.11. The van der Waals surface area contributed by atoms with Gasteiger partial charge >= 0.3 is 0 Å². The van der Waals surface area contributed by atoms with Crippen molar-refractivity contribution in [1.82, 2.24) is 10.0 Å². The molecule has 0 aromatic rings. The van der Waals surface area contributed by atoms with Gasteiger partial charge in [-0.25, -0.2) is 13.1 Å². The fourth-order valence-electron chi connectivity index (χ4n) is 1.46. The highest BCUT2D eigenvalue weighted by molar-refractivity contribution is 7.89. The van der Waals surface area contributed by atoms with Crippen molar-refractivity contribution in [2.45, 2.75) is 18.9 Å². The van der Waals surface area contributed by atoms with Gasteiger partial charge < -0.3 is 10.1 Å². The molecule has 0 aromatic carbocycles. The molecule has 0 radical (unpaired) electrons. The van der Waals surface area contributed by atoms with Crippen molar-refractivity contribution in [1.29, 1.82) is 0 Å². The van der Waals surface area contributed by atoms with Crippen LogP contribution in [0.3, 0.4) is 0 Å². The quantitative estimate of drug-likeness (QED) is 0.583. The lowest BCUT2D eigenvalue weighted by molar-refractivity contribution is 0.199. The number of hydrogen-bond donors (Lipinski definition) is 2. The van der Waals surface area contributed by atoms with E-state index in [4.69, 9.17) is 4.74 Å². The summed E-state index contributed by atoms with van der Waals surface area (Å²) in [6, 6.07) is 0.0718. The minimum absolute atomic E-state index is 0.0718. The van der Waals surface area contributed by atoms with E-state index >= 15 is 0 Å². The van der Waals surface area contributed by atoms with Crippen LogP contribution < -0.4 is 10.0 Å². The van der Waals surface area contributed by atoms with Crippen LogP contribution in [0.25, 0.3) is 0 Å². The number of hydrogen-bond acceptors (Lipinski definition) is 4. The average Bonchev–Trinajstić information content (AvgIpc) is 2.56. The van der Waals surface area contributed by atoms with Crippen LogP contribution in [0.5, 0.6) is 0 Å².